The van der Waals surface area contributed by atoms with Crippen LogP contribution >= 0.6 is 11.6 Å². The van der Waals surface area contributed by atoms with Gasteiger partial charge in [0.25, 0.3) is 11.8 Å². The monoisotopic (exact) mass is 799 g/mol. The van der Waals surface area contributed by atoms with Gasteiger partial charge in [-0.1, -0.05) is 11.6 Å². The molecule has 0 aliphatic carbocycles. The van der Waals surface area contributed by atoms with Crippen molar-refractivity contribution in [2.24, 2.45) is 13.0 Å². The predicted molar refractivity (Wildman–Crippen MR) is 198 cm³/mol. The Kier molecular flexibility index (Phi) is 11.4. The fourth-order valence-electron chi connectivity index (χ4n) is 6.45. The number of anilines is 2. The topological polar surface area (TPSA) is 173 Å². The summed E-state index contributed by atoms with van der Waals surface area (Å²) in [6, 6.07) is 7.00. The molecule has 56 heavy (non-hydrogen) atoms. The van der Waals surface area contributed by atoms with Crippen LogP contribution in [0, 0.1) is 5.92 Å². The van der Waals surface area contributed by atoms with Gasteiger partial charge in [0.05, 0.1) is 28.0 Å². The lowest BCUT2D eigenvalue weighted by Crippen LogP contribution is -2.52. The van der Waals surface area contributed by atoms with Crippen LogP contribution < -0.4 is 10.6 Å². The zero-order chi connectivity index (χ0) is 40.5. The number of rotatable bonds is 7. The minimum Gasteiger partial charge on any atom is -0.444 e. The first kappa shape index (κ1) is 40.1. The summed E-state index contributed by atoms with van der Waals surface area (Å²) in [4.78, 5) is 61.5. The van der Waals surface area contributed by atoms with Gasteiger partial charge in [-0.05, 0) is 84.1 Å². The van der Waals surface area contributed by atoms with Gasteiger partial charge in [0.15, 0.2) is 23.2 Å². The molecule has 4 amide bonds. The van der Waals surface area contributed by atoms with Gasteiger partial charge in [-0.2, -0.15) is 18.3 Å². The SMILES string of the molecule is CN1CCC(C(=O)N2CCN(C(=O)c3ccc(NC(=O)c4ncc(-c5cn(-c6ccc(NC(=O)OC(C)(C)C)nn6)nc5C(F)(F)F)n4C)cc3Cl)CC2)CC1. The number of carbonyl (C=O) groups is 4. The minimum absolute atomic E-state index is 0.00183. The molecular weight excluding hydrogens is 759 g/mol. The summed E-state index contributed by atoms with van der Waals surface area (Å²) in [6.07, 6.45) is -1.85. The summed E-state index contributed by atoms with van der Waals surface area (Å²) in [7, 11) is 3.42. The number of halogens is 4. The third-order valence-corrected chi connectivity index (χ3v) is 9.68. The number of hydrogen-bond acceptors (Lipinski definition) is 10. The average molecular weight is 800 g/mol. The molecule has 2 fully saturated rings. The smallest absolute Gasteiger partial charge is 0.435 e. The summed E-state index contributed by atoms with van der Waals surface area (Å²) in [5.74, 6) is -1.23. The van der Waals surface area contributed by atoms with Gasteiger partial charge < -0.3 is 29.3 Å². The fourth-order valence-corrected chi connectivity index (χ4v) is 6.71. The zero-order valence-corrected chi connectivity index (χ0v) is 32.1. The van der Waals surface area contributed by atoms with E-state index in [0.29, 0.717) is 26.2 Å². The van der Waals surface area contributed by atoms with Crippen molar-refractivity contribution in [1.82, 2.24) is 44.2 Å². The lowest BCUT2D eigenvalue weighted by Gasteiger charge is -2.38. The lowest BCUT2D eigenvalue weighted by molar-refractivity contribution is -0.141. The molecule has 2 aliphatic heterocycles. The number of piperazine rings is 1. The van der Waals surface area contributed by atoms with E-state index in [1.807, 2.05) is 11.9 Å². The summed E-state index contributed by atoms with van der Waals surface area (Å²) in [5.41, 5.74) is -2.05. The number of piperidine rings is 1. The van der Waals surface area contributed by atoms with E-state index < -0.39 is 29.5 Å². The van der Waals surface area contributed by atoms with Crippen molar-refractivity contribution in [1.29, 1.82) is 0 Å². The molecule has 0 bridgehead atoms. The van der Waals surface area contributed by atoms with Crippen molar-refractivity contribution in [3.63, 3.8) is 0 Å². The Morgan fingerprint density at radius 3 is 2.18 bits per heavy atom. The number of ether oxygens (including phenoxy) is 1. The van der Waals surface area contributed by atoms with Crippen LogP contribution in [-0.2, 0) is 22.8 Å². The second-order valence-electron chi connectivity index (χ2n) is 14.6. The van der Waals surface area contributed by atoms with Crippen LogP contribution in [0.25, 0.3) is 17.1 Å². The maximum atomic E-state index is 14.2. The van der Waals surface area contributed by atoms with E-state index in [2.05, 4.69) is 35.8 Å². The molecule has 6 rings (SSSR count). The maximum Gasteiger partial charge on any atom is 0.435 e. The van der Waals surface area contributed by atoms with E-state index >= 15 is 0 Å². The van der Waals surface area contributed by atoms with Gasteiger partial charge >= 0.3 is 12.3 Å². The number of alkyl halides is 3. The highest BCUT2D eigenvalue weighted by molar-refractivity contribution is 6.34. The van der Waals surface area contributed by atoms with Crippen LogP contribution in [0.4, 0.5) is 29.5 Å². The van der Waals surface area contributed by atoms with E-state index in [1.54, 1.807) is 25.7 Å². The van der Waals surface area contributed by atoms with Crippen molar-refractivity contribution in [2.45, 2.75) is 45.4 Å². The first-order chi connectivity index (χ1) is 26.4. The number of amides is 4. The molecule has 16 nitrogen and oxygen atoms in total. The number of likely N-dealkylation sites (tertiary alicyclic amines) is 1. The zero-order valence-electron chi connectivity index (χ0n) is 31.4. The first-order valence-corrected chi connectivity index (χ1v) is 18.2. The third kappa shape index (κ3) is 9.10. The molecule has 0 unspecified atom stereocenters. The number of nitrogens with one attached hydrogen (secondary N) is 2. The van der Waals surface area contributed by atoms with Gasteiger partial charge in [0, 0.05) is 51.0 Å². The summed E-state index contributed by atoms with van der Waals surface area (Å²) in [5, 5.41) is 16.5. The van der Waals surface area contributed by atoms with Crippen molar-refractivity contribution in [3.05, 3.63) is 64.8 Å². The Bertz CT molecular complexity index is 2120. The molecule has 1 aromatic carbocycles. The average Bonchev–Trinajstić information content (AvgIpc) is 3.75. The fraction of sp³-hybridized carbons (Fsp3) is 0.444. The summed E-state index contributed by atoms with van der Waals surface area (Å²) < 4.78 is 49.9. The number of nitrogens with zero attached hydrogens (tertiary/aromatic N) is 9. The van der Waals surface area contributed by atoms with Crippen LogP contribution in [0.3, 0.4) is 0 Å². The molecule has 0 atom stereocenters. The van der Waals surface area contributed by atoms with Gasteiger partial charge in [-0.25, -0.2) is 14.5 Å². The molecule has 20 heteroatoms. The van der Waals surface area contributed by atoms with Crippen molar-refractivity contribution >= 4 is 46.9 Å². The van der Waals surface area contributed by atoms with Gasteiger partial charge in [0.2, 0.25) is 5.91 Å². The molecule has 0 saturated carbocycles. The predicted octanol–water partition coefficient (Wildman–Crippen LogP) is 4.96. The van der Waals surface area contributed by atoms with E-state index in [9.17, 15) is 32.3 Å². The Morgan fingerprint density at radius 2 is 1.57 bits per heavy atom. The van der Waals surface area contributed by atoms with Crippen LogP contribution in [0.5, 0.6) is 0 Å². The number of carbonyl (C=O) groups excluding carboxylic acids is 4. The van der Waals surface area contributed by atoms with E-state index in [4.69, 9.17) is 16.3 Å². The Morgan fingerprint density at radius 1 is 0.893 bits per heavy atom. The molecule has 5 heterocycles. The van der Waals surface area contributed by atoms with E-state index in [0.717, 1.165) is 43.0 Å². The van der Waals surface area contributed by atoms with Crippen molar-refractivity contribution in [3.8, 4) is 17.1 Å². The quantitative estimate of drug-likeness (QED) is 0.260. The maximum absolute atomic E-state index is 14.2. The van der Waals surface area contributed by atoms with E-state index in [-0.39, 0.29) is 62.7 Å². The molecule has 0 spiro atoms. The summed E-state index contributed by atoms with van der Waals surface area (Å²) in [6.45, 7) is 8.37. The van der Waals surface area contributed by atoms with Crippen LogP contribution in [0.15, 0.2) is 42.7 Å². The van der Waals surface area contributed by atoms with Gasteiger partial charge in [0.1, 0.15) is 5.60 Å². The molecule has 3 aromatic heterocycles. The number of benzene rings is 1. The molecule has 2 saturated heterocycles. The number of imidazole rings is 1. The highest BCUT2D eigenvalue weighted by atomic mass is 35.5. The largest absolute Gasteiger partial charge is 0.444 e. The third-order valence-electron chi connectivity index (χ3n) is 9.37. The summed E-state index contributed by atoms with van der Waals surface area (Å²) >= 11 is 6.51. The highest BCUT2D eigenvalue weighted by Crippen LogP contribution is 2.37. The minimum atomic E-state index is -4.90. The lowest BCUT2D eigenvalue weighted by atomic mass is 9.95. The van der Waals surface area contributed by atoms with Gasteiger partial charge in [-0.3, -0.25) is 19.7 Å². The highest BCUT2D eigenvalue weighted by Gasteiger charge is 2.39. The van der Waals surface area contributed by atoms with Crippen molar-refractivity contribution in [2.75, 3.05) is 56.9 Å². The Balaban J connectivity index is 1.11. The second kappa shape index (κ2) is 15.9. The molecule has 2 aliphatic rings. The van der Waals surface area contributed by atoms with Crippen LogP contribution in [0.1, 0.15) is 60.3 Å². The molecule has 2 N–H and O–H groups in total. The van der Waals surface area contributed by atoms with E-state index in [1.165, 1.54) is 41.9 Å². The first-order valence-electron chi connectivity index (χ1n) is 17.8. The molecule has 4 aromatic rings. The Hall–Kier alpha value is -5.56. The molecule has 298 valence electrons. The number of hydrogen-bond donors (Lipinski definition) is 2. The normalized spacial score (nSPS) is 15.8. The second-order valence-corrected chi connectivity index (χ2v) is 15.0. The number of aromatic nitrogens is 6. The molecule has 0 radical (unpaired) electrons. The van der Waals surface area contributed by atoms with Crippen LogP contribution in [-0.4, -0.2) is 120 Å². The van der Waals surface area contributed by atoms with Crippen LogP contribution in [0.2, 0.25) is 5.02 Å². The Labute approximate surface area is 324 Å². The standard InChI is InChI=1S/C36H41ClF3N11O5/c1-35(2,3)56-34(55)43-27-8-9-28(45-44-27)51-20-24(29(46-51)36(38,39)40)26-19-41-30(48(26)5)31(52)42-22-6-7-23(25(37)18-22)33(54)50-16-14-49(15-17-50)32(53)21-10-12-47(4)13-11-21/h6-9,18-21H,10-17H2,1-5H3,(H,42,52)(H,43,44,55). The van der Waals surface area contributed by atoms with Gasteiger partial charge in [-0.15, -0.1) is 10.2 Å². The molecular formula is C36H41ClF3N11O5. The van der Waals surface area contributed by atoms with Crippen molar-refractivity contribution < 1.29 is 37.1 Å².